The zero-order chi connectivity index (χ0) is 10.8. The summed E-state index contributed by atoms with van der Waals surface area (Å²) in [5, 5.41) is 1.36. The normalized spacial score (nSPS) is 10.3. The Labute approximate surface area is 98.4 Å². The van der Waals surface area contributed by atoms with Crippen LogP contribution in [0.1, 0.15) is 0 Å². The third-order valence-electron chi connectivity index (χ3n) is 2.15. The summed E-state index contributed by atoms with van der Waals surface area (Å²) in [6.07, 6.45) is 0. The van der Waals surface area contributed by atoms with Gasteiger partial charge in [0.2, 0.25) is 0 Å². The van der Waals surface area contributed by atoms with E-state index < -0.39 is 0 Å². The summed E-state index contributed by atoms with van der Waals surface area (Å²) in [6, 6.07) is 12.9. The lowest BCUT2D eigenvalue weighted by molar-refractivity contribution is 1.61. The molecule has 0 aromatic heterocycles. The van der Waals surface area contributed by atoms with Crippen LogP contribution in [0.15, 0.2) is 42.5 Å². The van der Waals surface area contributed by atoms with Gasteiger partial charge in [-0.3, -0.25) is 0 Å². The lowest BCUT2D eigenvalue weighted by atomic mass is 10.1. The van der Waals surface area contributed by atoms with Crippen molar-refractivity contribution in [3.05, 3.63) is 52.5 Å². The van der Waals surface area contributed by atoms with Gasteiger partial charge in [0.05, 0.1) is 0 Å². The molecule has 2 rings (SSSR count). The third kappa shape index (κ3) is 2.25. The van der Waals surface area contributed by atoms with Gasteiger partial charge < -0.3 is 5.73 Å². The van der Waals surface area contributed by atoms with Crippen molar-refractivity contribution in [3.63, 3.8) is 0 Å². The molecule has 0 unspecified atom stereocenters. The van der Waals surface area contributed by atoms with Crippen LogP contribution < -0.4 is 5.73 Å². The maximum Gasteiger partial charge on any atom is 0.0485 e. The molecule has 76 valence electrons. The molecule has 0 radical (unpaired) electrons. The molecule has 2 aromatic rings. The molecule has 15 heavy (non-hydrogen) atoms. The summed E-state index contributed by atoms with van der Waals surface area (Å²) < 4.78 is 0. The number of anilines is 1. The second-order valence-electron chi connectivity index (χ2n) is 3.25. The van der Waals surface area contributed by atoms with Crippen LogP contribution in [-0.4, -0.2) is 0 Å². The minimum Gasteiger partial charge on any atom is -0.399 e. The average molecular weight is 238 g/mol. The van der Waals surface area contributed by atoms with Gasteiger partial charge in [0.25, 0.3) is 0 Å². The van der Waals surface area contributed by atoms with E-state index in [0.29, 0.717) is 10.0 Å². The van der Waals surface area contributed by atoms with Crippen molar-refractivity contribution in [2.24, 2.45) is 0 Å². The van der Waals surface area contributed by atoms with Gasteiger partial charge in [-0.25, -0.2) is 0 Å². The number of nitrogen functional groups attached to an aromatic ring is 1. The van der Waals surface area contributed by atoms with Crippen molar-refractivity contribution >= 4 is 28.9 Å². The molecule has 2 N–H and O–H groups in total. The molecular formula is C12H9Cl2N. The monoisotopic (exact) mass is 237 g/mol. The highest BCUT2D eigenvalue weighted by molar-refractivity contribution is 6.35. The maximum absolute atomic E-state index is 6.08. The Hall–Kier alpha value is -1.18. The van der Waals surface area contributed by atoms with Gasteiger partial charge in [0.1, 0.15) is 0 Å². The van der Waals surface area contributed by atoms with E-state index in [1.165, 1.54) is 0 Å². The zero-order valence-electron chi connectivity index (χ0n) is 7.87. The van der Waals surface area contributed by atoms with E-state index in [2.05, 4.69) is 0 Å². The van der Waals surface area contributed by atoms with Crippen molar-refractivity contribution in [1.82, 2.24) is 0 Å². The van der Waals surface area contributed by atoms with Gasteiger partial charge in [0.15, 0.2) is 0 Å². The molecule has 0 saturated carbocycles. The molecule has 0 aliphatic carbocycles. The lowest BCUT2D eigenvalue weighted by Crippen LogP contribution is -1.84. The summed E-state index contributed by atoms with van der Waals surface area (Å²) in [6.45, 7) is 0. The van der Waals surface area contributed by atoms with Gasteiger partial charge in [-0.1, -0.05) is 35.3 Å². The minimum absolute atomic E-state index is 0.672. The van der Waals surface area contributed by atoms with Crippen LogP contribution in [0.2, 0.25) is 10.0 Å². The highest BCUT2D eigenvalue weighted by atomic mass is 35.5. The summed E-state index contributed by atoms with van der Waals surface area (Å²) in [5.74, 6) is 0. The molecule has 0 spiro atoms. The molecule has 0 atom stereocenters. The predicted molar refractivity (Wildman–Crippen MR) is 66.3 cm³/mol. The van der Waals surface area contributed by atoms with Gasteiger partial charge in [-0.05, 0) is 35.9 Å². The highest BCUT2D eigenvalue weighted by Gasteiger charge is 2.03. The molecule has 2 aromatic carbocycles. The first kappa shape index (κ1) is 10.3. The van der Waals surface area contributed by atoms with Gasteiger partial charge in [0, 0.05) is 21.3 Å². The maximum atomic E-state index is 6.08. The second-order valence-corrected chi connectivity index (χ2v) is 4.09. The van der Waals surface area contributed by atoms with Gasteiger partial charge in [-0.15, -0.1) is 0 Å². The molecule has 3 heteroatoms. The second kappa shape index (κ2) is 4.13. The van der Waals surface area contributed by atoms with Crippen LogP contribution >= 0.6 is 23.2 Å². The first-order valence-corrected chi connectivity index (χ1v) is 5.23. The van der Waals surface area contributed by atoms with Gasteiger partial charge >= 0.3 is 0 Å². The average Bonchev–Trinajstić information content (AvgIpc) is 2.23. The van der Waals surface area contributed by atoms with Crippen LogP contribution in [0.4, 0.5) is 5.69 Å². The Morgan fingerprint density at radius 1 is 0.867 bits per heavy atom. The quantitative estimate of drug-likeness (QED) is 0.738. The molecule has 0 aliphatic heterocycles. The SMILES string of the molecule is Nc1ccc(-c2cc(Cl)ccc2Cl)cc1. The first-order chi connectivity index (χ1) is 7.16. The van der Waals surface area contributed by atoms with Crippen LogP contribution in [0.3, 0.4) is 0 Å². The number of benzene rings is 2. The number of nitrogens with two attached hydrogens (primary N) is 1. The standard InChI is InChI=1S/C12H9Cl2N/c13-9-3-6-12(14)11(7-9)8-1-4-10(15)5-2-8/h1-7H,15H2. The molecule has 0 saturated heterocycles. The Bertz CT molecular complexity index is 477. The van der Waals surface area contributed by atoms with Gasteiger partial charge in [-0.2, -0.15) is 0 Å². The van der Waals surface area contributed by atoms with E-state index in [9.17, 15) is 0 Å². The third-order valence-corrected chi connectivity index (χ3v) is 2.71. The molecule has 0 fully saturated rings. The smallest absolute Gasteiger partial charge is 0.0485 e. The van der Waals surface area contributed by atoms with Crippen LogP contribution in [0.5, 0.6) is 0 Å². The summed E-state index contributed by atoms with van der Waals surface area (Å²) >= 11 is 12.0. The Balaban J connectivity index is 2.53. The van der Waals surface area contributed by atoms with E-state index >= 15 is 0 Å². The zero-order valence-corrected chi connectivity index (χ0v) is 9.39. The van der Waals surface area contributed by atoms with Crippen LogP contribution in [0.25, 0.3) is 11.1 Å². The minimum atomic E-state index is 0.672. The Morgan fingerprint density at radius 2 is 1.53 bits per heavy atom. The van der Waals surface area contributed by atoms with E-state index in [0.717, 1.165) is 16.8 Å². The lowest BCUT2D eigenvalue weighted by Gasteiger charge is -2.05. The summed E-state index contributed by atoms with van der Waals surface area (Å²) in [7, 11) is 0. The molecule has 1 nitrogen and oxygen atoms in total. The number of hydrogen-bond donors (Lipinski definition) is 1. The molecule has 0 bridgehead atoms. The summed E-state index contributed by atoms with van der Waals surface area (Å²) in [4.78, 5) is 0. The molecule has 0 heterocycles. The van der Waals surface area contributed by atoms with Crippen molar-refractivity contribution in [1.29, 1.82) is 0 Å². The fraction of sp³-hybridized carbons (Fsp3) is 0. The number of hydrogen-bond acceptors (Lipinski definition) is 1. The fourth-order valence-corrected chi connectivity index (χ4v) is 1.78. The molecule has 0 aliphatic rings. The van der Waals surface area contributed by atoms with Crippen molar-refractivity contribution in [3.8, 4) is 11.1 Å². The van der Waals surface area contributed by atoms with Crippen molar-refractivity contribution in [2.75, 3.05) is 5.73 Å². The Kier molecular flexibility index (Phi) is 2.85. The predicted octanol–water partition coefficient (Wildman–Crippen LogP) is 4.24. The largest absolute Gasteiger partial charge is 0.399 e. The van der Waals surface area contributed by atoms with E-state index in [1.54, 1.807) is 12.1 Å². The number of halogens is 2. The molecular weight excluding hydrogens is 229 g/mol. The highest BCUT2D eigenvalue weighted by Crippen LogP contribution is 2.30. The number of rotatable bonds is 1. The van der Waals surface area contributed by atoms with E-state index in [-0.39, 0.29) is 0 Å². The molecule has 0 amide bonds. The topological polar surface area (TPSA) is 26.0 Å². The van der Waals surface area contributed by atoms with Crippen LogP contribution in [-0.2, 0) is 0 Å². The van der Waals surface area contributed by atoms with Crippen LogP contribution in [0, 0.1) is 0 Å². The Morgan fingerprint density at radius 3 is 2.20 bits per heavy atom. The van der Waals surface area contributed by atoms with Crippen molar-refractivity contribution in [2.45, 2.75) is 0 Å². The van der Waals surface area contributed by atoms with Crippen molar-refractivity contribution < 1.29 is 0 Å². The first-order valence-electron chi connectivity index (χ1n) is 4.48. The van der Waals surface area contributed by atoms with E-state index in [4.69, 9.17) is 28.9 Å². The fourth-order valence-electron chi connectivity index (χ4n) is 1.38. The van der Waals surface area contributed by atoms with E-state index in [1.807, 2.05) is 30.3 Å². The summed E-state index contributed by atoms with van der Waals surface area (Å²) in [5.41, 5.74) is 8.28.